The van der Waals surface area contributed by atoms with Crippen LogP contribution in [0, 0.1) is 5.82 Å². The Hall–Kier alpha value is -3.30. The number of imidazole rings is 1. The Kier molecular flexibility index (Phi) is 6.77. The summed E-state index contributed by atoms with van der Waals surface area (Å²) in [6, 6.07) is 9.91. The van der Waals surface area contributed by atoms with Gasteiger partial charge >= 0.3 is 0 Å². The predicted octanol–water partition coefficient (Wildman–Crippen LogP) is 5.91. The molecular formula is C25H24Cl2FN7O. The van der Waals surface area contributed by atoms with Gasteiger partial charge in [-0.25, -0.2) is 9.37 Å². The molecule has 2 heterocycles. The molecule has 8 nitrogen and oxygen atoms in total. The van der Waals surface area contributed by atoms with Gasteiger partial charge in [-0.2, -0.15) is 5.21 Å². The Labute approximate surface area is 217 Å². The molecule has 186 valence electrons. The average Bonchev–Trinajstić information content (AvgIpc) is 3.53. The third-order valence-electron chi connectivity index (χ3n) is 6.43. The molecule has 1 N–H and O–H groups in total. The predicted molar refractivity (Wildman–Crippen MR) is 136 cm³/mol. The van der Waals surface area contributed by atoms with Crippen molar-refractivity contribution in [1.29, 1.82) is 0 Å². The summed E-state index contributed by atoms with van der Waals surface area (Å²) >= 11 is 12.7. The Morgan fingerprint density at radius 1 is 1.14 bits per heavy atom. The van der Waals surface area contributed by atoms with Crippen LogP contribution in [0.15, 0.2) is 36.4 Å². The fraction of sp³-hybridized carbons (Fsp3) is 0.320. The fourth-order valence-electron chi connectivity index (χ4n) is 4.77. The normalized spacial score (nSPS) is 14.2. The number of carbonyl (C=O) groups is 1. The zero-order valence-electron chi connectivity index (χ0n) is 19.8. The van der Waals surface area contributed by atoms with Crippen LogP contribution in [0.5, 0.6) is 0 Å². The van der Waals surface area contributed by atoms with Gasteiger partial charge in [0.25, 0.3) is 5.91 Å². The quantitative estimate of drug-likeness (QED) is 0.348. The van der Waals surface area contributed by atoms with E-state index in [2.05, 4.69) is 20.6 Å². The molecule has 1 saturated carbocycles. The third-order valence-corrected chi connectivity index (χ3v) is 6.94. The summed E-state index contributed by atoms with van der Waals surface area (Å²) in [7, 11) is 3.35. The number of carbonyl (C=O) groups excluding carboxylic acids is 1. The van der Waals surface area contributed by atoms with E-state index in [4.69, 9.17) is 28.2 Å². The molecule has 0 atom stereocenters. The van der Waals surface area contributed by atoms with E-state index in [0.29, 0.717) is 27.7 Å². The number of nitrogens with one attached hydrogen (secondary N) is 1. The first kappa shape index (κ1) is 24.4. The van der Waals surface area contributed by atoms with Gasteiger partial charge in [0, 0.05) is 41.9 Å². The number of hydrogen-bond acceptors (Lipinski definition) is 5. The van der Waals surface area contributed by atoms with Gasteiger partial charge in [-0.15, -0.1) is 10.2 Å². The van der Waals surface area contributed by atoms with Gasteiger partial charge < -0.3 is 4.90 Å². The maximum Gasteiger partial charge on any atom is 0.253 e. The largest absolute Gasteiger partial charge is 0.345 e. The molecule has 5 rings (SSSR count). The molecule has 0 saturated heterocycles. The molecule has 1 amide bonds. The number of aromatic nitrogens is 6. The maximum absolute atomic E-state index is 15.5. The zero-order chi connectivity index (χ0) is 25.4. The van der Waals surface area contributed by atoms with Gasteiger partial charge in [0.15, 0.2) is 5.82 Å². The Balaban J connectivity index is 1.85. The molecule has 0 bridgehead atoms. The van der Waals surface area contributed by atoms with E-state index in [0.717, 1.165) is 37.9 Å². The number of tetrazole rings is 1. The van der Waals surface area contributed by atoms with Crippen molar-refractivity contribution in [3.8, 4) is 28.5 Å². The van der Waals surface area contributed by atoms with Crippen molar-refractivity contribution < 1.29 is 9.18 Å². The van der Waals surface area contributed by atoms with Crippen LogP contribution in [-0.2, 0) is 0 Å². The van der Waals surface area contributed by atoms with E-state index >= 15 is 4.39 Å². The molecular weight excluding hydrogens is 504 g/mol. The van der Waals surface area contributed by atoms with Crippen LogP contribution < -0.4 is 0 Å². The SMILES string of the molecule is CN(C)C(=O)c1cc(Cl)cc(-n2c(C3CCCCC3)nc(-c3nn[nH]n3)c2-c2cccc(Cl)c2F)c1. The lowest BCUT2D eigenvalue weighted by Crippen LogP contribution is -2.22. The van der Waals surface area contributed by atoms with Crippen LogP contribution >= 0.6 is 23.2 Å². The van der Waals surface area contributed by atoms with E-state index < -0.39 is 5.82 Å². The van der Waals surface area contributed by atoms with Crippen molar-refractivity contribution in [3.05, 3.63) is 63.6 Å². The molecule has 0 spiro atoms. The van der Waals surface area contributed by atoms with Gasteiger partial charge in [0.1, 0.15) is 11.5 Å². The van der Waals surface area contributed by atoms with Gasteiger partial charge in [-0.3, -0.25) is 9.36 Å². The summed E-state index contributed by atoms with van der Waals surface area (Å²) in [5.74, 6) is 0.285. The van der Waals surface area contributed by atoms with Crippen LogP contribution in [0.25, 0.3) is 28.5 Å². The van der Waals surface area contributed by atoms with Crippen LogP contribution in [0.3, 0.4) is 0 Å². The minimum atomic E-state index is -0.591. The van der Waals surface area contributed by atoms with Crippen molar-refractivity contribution in [2.24, 2.45) is 0 Å². The summed E-state index contributed by atoms with van der Waals surface area (Å²) < 4.78 is 17.4. The minimum absolute atomic E-state index is 0.0203. The molecule has 0 unspecified atom stereocenters. The molecule has 2 aromatic heterocycles. The zero-order valence-corrected chi connectivity index (χ0v) is 21.3. The molecule has 0 radical (unpaired) electrons. The summed E-state index contributed by atoms with van der Waals surface area (Å²) in [5.41, 5.74) is 2.01. The number of rotatable bonds is 5. The van der Waals surface area contributed by atoms with E-state index in [9.17, 15) is 4.79 Å². The second-order valence-corrected chi connectivity index (χ2v) is 9.92. The van der Waals surface area contributed by atoms with Gasteiger partial charge in [0.05, 0.1) is 10.7 Å². The number of amides is 1. The van der Waals surface area contributed by atoms with Crippen molar-refractivity contribution in [2.45, 2.75) is 38.0 Å². The number of halogens is 3. The fourth-order valence-corrected chi connectivity index (χ4v) is 5.18. The summed E-state index contributed by atoms with van der Waals surface area (Å²) in [4.78, 5) is 19.3. The van der Waals surface area contributed by atoms with Gasteiger partial charge in [-0.1, -0.05) is 48.5 Å². The first-order chi connectivity index (χ1) is 17.3. The maximum atomic E-state index is 15.5. The highest BCUT2D eigenvalue weighted by atomic mass is 35.5. The summed E-state index contributed by atoms with van der Waals surface area (Å²) in [5, 5.41) is 14.8. The van der Waals surface area contributed by atoms with Crippen LogP contribution in [0.1, 0.15) is 54.2 Å². The highest BCUT2D eigenvalue weighted by Crippen LogP contribution is 2.42. The number of nitrogens with zero attached hydrogens (tertiary/aromatic N) is 6. The minimum Gasteiger partial charge on any atom is -0.345 e. The number of H-pyrrole nitrogens is 1. The first-order valence-corrected chi connectivity index (χ1v) is 12.4. The molecule has 4 aromatic rings. The topological polar surface area (TPSA) is 92.6 Å². The van der Waals surface area contributed by atoms with E-state index in [1.54, 1.807) is 44.4 Å². The van der Waals surface area contributed by atoms with E-state index in [-0.39, 0.29) is 28.2 Å². The Morgan fingerprint density at radius 3 is 2.61 bits per heavy atom. The Morgan fingerprint density at radius 2 is 1.92 bits per heavy atom. The molecule has 1 aliphatic rings. The van der Waals surface area contributed by atoms with Crippen molar-refractivity contribution in [2.75, 3.05) is 14.1 Å². The third kappa shape index (κ3) is 4.49. The molecule has 0 aliphatic heterocycles. The molecule has 1 fully saturated rings. The average molecular weight is 528 g/mol. The van der Waals surface area contributed by atoms with Gasteiger partial charge in [-0.05, 0) is 48.4 Å². The monoisotopic (exact) mass is 527 g/mol. The lowest BCUT2D eigenvalue weighted by atomic mass is 9.88. The van der Waals surface area contributed by atoms with Crippen molar-refractivity contribution in [1.82, 2.24) is 35.1 Å². The smallest absolute Gasteiger partial charge is 0.253 e. The lowest BCUT2D eigenvalue weighted by molar-refractivity contribution is 0.0827. The number of aromatic amines is 1. The van der Waals surface area contributed by atoms with Crippen molar-refractivity contribution >= 4 is 29.1 Å². The highest BCUT2D eigenvalue weighted by Gasteiger charge is 2.31. The molecule has 1 aliphatic carbocycles. The van der Waals surface area contributed by atoms with E-state index in [1.807, 2.05) is 4.57 Å². The summed E-state index contributed by atoms with van der Waals surface area (Å²) in [6.45, 7) is 0. The van der Waals surface area contributed by atoms with Crippen LogP contribution in [0.2, 0.25) is 10.0 Å². The van der Waals surface area contributed by atoms with E-state index in [1.165, 1.54) is 11.0 Å². The standard InChI is InChI=1S/C25H24Cl2FN7O/c1-34(2)25(36)15-11-16(26)13-17(12-15)35-22(18-9-6-10-19(27)20(18)28)21(23-30-32-33-31-23)29-24(35)14-7-4-3-5-8-14/h6,9-14H,3-5,7-8H2,1-2H3,(H,30,31,32,33). The lowest BCUT2D eigenvalue weighted by Gasteiger charge is -2.23. The van der Waals surface area contributed by atoms with Crippen molar-refractivity contribution in [3.63, 3.8) is 0 Å². The number of benzene rings is 2. The second-order valence-electron chi connectivity index (χ2n) is 9.07. The first-order valence-electron chi connectivity index (χ1n) is 11.7. The second kappa shape index (κ2) is 9.99. The Bertz CT molecular complexity index is 1410. The summed E-state index contributed by atoms with van der Waals surface area (Å²) in [6.07, 6.45) is 5.16. The number of hydrogen-bond donors (Lipinski definition) is 1. The molecule has 36 heavy (non-hydrogen) atoms. The van der Waals surface area contributed by atoms with Crippen LogP contribution in [0.4, 0.5) is 4.39 Å². The molecule has 2 aromatic carbocycles. The van der Waals surface area contributed by atoms with Crippen LogP contribution in [-0.4, -0.2) is 55.1 Å². The highest BCUT2D eigenvalue weighted by molar-refractivity contribution is 6.31. The van der Waals surface area contributed by atoms with Gasteiger partial charge in [0.2, 0.25) is 5.82 Å². The molecule has 11 heteroatoms.